The van der Waals surface area contributed by atoms with Gasteiger partial charge in [-0.2, -0.15) is 13.2 Å². The number of carboxylic acid groups (broad SMARTS) is 1. The number of halogens is 3. The van der Waals surface area contributed by atoms with Gasteiger partial charge >= 0.3 is 12.1 Å². The second kappa shape index (κ2) is 11.0. The third-order valence-electron chi connectivity index (χ3n) is 6.10. The number of anilines is 1. The van der Waals surface area contributed by atoms with Crippen LogP contribution in [0.3, 0.4) is 0 Å². The maximum atomic E-state index is 13.6. The number of hydrogen-bond donors (Lipinski definition) is 1. The zero-order chi connectivity index (χ0) is 29.3. The molecule has 13 heteroatoms. The van der Waals surface area contributed by atoms with Crippen LogP contribution in [0.2, 0.25) is 0 Å². The molecule has 1 heterocycles. The topological polar surface area (TPSA) is 118 Å². The van der Waals surface area contributed by atoms with E-state index in [1.165, 1.54) is 24.3 Å². The van der Waals surface area contributed by atoms with Crippen molar-refractivity contribution in [2.45, 2.75) is 34.9 Å². The summed E-state index contributed by atoms with van der Waals surface area (Å²) in [4.78, 5) is 10.6. The summed E-state index contributed by atoms with van der Waals surface area (Å²) in [6.45, 7) is -0.317. The minimum absolute atomic E-state index is 0.0261. The summed E-state index contributed by atoms with van der Waals surface area (Å²) in [5.41, 5.74) is 0.00734. The Hall–Kier alpha value is -3.84. The average molecular weight is 596 g/mol. The number of sulfonamides is 1. The molecule has 0 saturated heterocycles. The third kappa shape index (κ3) is 6.65. The second-order valence-electron chi connectivity index (χ2n) is 9.14. The van der Waals surface area contributed by atoms with E-state index in [1.54, 1.807) is 30.4 Å². The fraction of sp³-hybridized carbons (Fsp3) is 0.222. The van der Waals surface area contributed by atoms with Crippen LogP contribution in [0.5, 0.6) is 5.75 Å². The van der Waals surface area contributed by atoms with Crippen LogP contribution in [0.1, 0.15) is 29.5 Å². The summed E-state index contributed by atoms with van der Waals surface area (Å²) in [6.07, 6.45) is -1.61. The summed E-state index contributed by atoms with van der Waals surface area (Å²) < 4.78 is 97.7. The molecule has 0 spiro atoms. The predicted molar refractivity (Wildman–Crippen MR) is 142 cm³/mol. The molecular formula is C27H24F3NO7S2. The Bertz CT molecular complexity index is 1680. The number of rotatable bonds is 8. The van der Waals surface area contributed by atoms with Crippen LogP contribution < -0.4 is 9.04 Å². The molecule has 1 atom stereocenters. The molecule has 0 radical (unpaired) electrons. The predicted octanol–water partition coefficient (Wildman–Crippen LogP) is 5.10. The number of aliphatic carboxylic acids is 1. The Balaban J connectivity index is 1.74. The van der Waals surface area contributed by atoms with E-state index in [9.17, 15) is 34.8 Å². The molecule has 40 heavy (non-hydrogen) atoms. The van der Waals surface area contributed by atoms with Crippen LogP contribution in [-0.4, -0.2) is 46.8 Å². The smallest absolute Gasteiger partial charge is 0.416 e. The number of sulfone groups is 1. The van der Waals surface area contributed by atoms with Crippen molar-refractivity contribution in [2.75, 3.05) is 17.1 Å². The zero-order valence-corrected chi connectivity index (χ0v) is 22.6. The normalized spacial score (nSPS) is 16.0. The first-order valence-corrected chi connectivity index (χ1v) is 15.2. The standard InChI is InChI=1S/C27H24F3NO7S2/c1-39(34,35)22-6-2-4-18(14-22)8-9-19-10-12-25-24(15-19)31(17-21(38-25)11-13-26(32)33)40(36,37)23-7-3-5-20(16-23)27(28,29)30/h2-10,12,14-16,21H,11,13,17H2,1H3,(H,32,33)/b9-8+/t21-/m0/s1. The van der Waals surface area contributed by atoms with Gasteiger partial charge in [0.25, 0.3) is 10.0 Å². The van der Waals surface area contributed by atoms with E-state index in [0.717, 1.165) is 28.8 Å². The quantitative estimate of drug-likeness (QED) is 0.360. The lowest BCUT2D eigenvalue weighted by Gasteiger charge is -2.35. The Morgan fingerprint density at radius 1 is 0.975 bits per heavy atom. The van der Waals surface area contributed by atoms with Gasteiger partial charge < -0.3 is 9.84 Å². The molecule has 1 N–H and O–H groups in total. The van der Waals surface area contributed by atoms with E-state index in [4.69, 9.17) is 9.84 Å². The van der Waals surface area contributed by atoms with Gasteiger partial charge in [0.15, 0.2) is 9.84 Å². The molecule has 0 saturated carbocycles. The van der Waals surface area contributed by atoms with Gasteiger partial charge in [-0.05, 0) is 60.0 Å². The maximum Gasteiger partial charge on any atom is 0.416 e. The molecule has 0 unspecified atom stereocenters. The van der Waals surface area contributed by atoms with Crippen LogP contribution >= 0.6 is 0 Å². The number of nitrogens with zero attached hydrogens (tertiary/aromatic N) is 1. The van der Waals surface area contributed by atoms with Gasteiger partial charge in [0.05, 0.1) is 27.6 Å². The minimum atomic E-state index is -4.76. The fourth-order valence-corrected chi connectivity index (χ4v) is 6.32. The van der Waals surface area contributed by atoms with Crippen LogP contribution in [0.4, 0.5) is 18.9 Å². The SMILES string of the molecule is CS(=O)(=O)c1cccc(/C=C/c2ccc3c(c2)N(S(=O)(=O)c2cccc(C(F)(F)F)c2)C[C@H](CCC(=O)O)O3)c1. The second-order valence-corrected chi connectivity index (χ2v) is 13.0. The first-order valence-electron chi connectivity index (χ1n) is 11.9. The molecule has 0 aliphatic carbocycles. The highest BCUT2D eigenvalue weighted by molar-refractivity contribution is 7.92. The molecule has 3 aromatic carbocycles. The summed E-state index contributed by atoms with van der Waals surface area (Å²) in [5, 5.41) is 9.07. The molecule has 0 bridgehead atoms. The van der Waals surface area contributed by atoms with Crippen molar-refractivity contribution < 1.29 is 44.6 Å². The summed E-state index contributed by atoms with van der Waals surface area (Å²) in [6, 6.07) is 14.2. The van der Waals surface area contributed by atoms with Crippen molar-refractivity contribution in [1.82, 2.24) is 0 Å². The van der Waals surface area contributed by atoms with E-state index < -0.39 is 48.6 Å². The summed E-state index contributed by atoms with van der Waals surface area (Å²) in [7, 11) is -7.95. The fourth-order valence-electron chi connectivity index (χ4n) is 4.10. The van der Waals surface area contributed by atoms with Gasteiger partial charge in [-0.1, -0.05) is 36.4 Å². The highest BCUT2D eigenvalue weighted by Gasteiger charge is 2.37. The number of ether oxygens (including phenoxy) is 1. The van der Waals surface area contributed by atoms with E-state index in [2.05, 4.69) is 0 Å². The van der Waals surface area contributed by atoms with Crippen molar-refractivity contribution in [1.29, 1.82) is 0 Å². The third-order valence-corrected chi connectivity index (χ3v) is 8.98. The van der Waals surface area contributed by atoms with Crippen LogP contribution in [0, 0.1) is 0 Å². The number of benzene rings is 3. The molecule has 0 amide bonds. The van der Waals surface area contributed by atoms with Gasteiger partial charge in [-0.3, -0.25) is 9.10 Å². The molecule has 4 rings (SSSR count). The Kier molecular flexibility index (Phi) is 7.99. The van der Waals surface area contributed by atoms with E-state index in [-0.39, 0.29) is 35.7 Å². The molecule has 212 valence electrons. The first kappa shape index (κ1) is 29.2. The van der Waals surface area contributed by atoms with Gasteiger partial charge in [-0.15, -0.1) is 0 Å². The lowest BCUT2D eigenvalue weighted by atomic mass is 10.1. The van der Waals surface area contributed by atoms with Crippen molar-refractivity contribution in [3.05, 3.63) is 83.4 Å². The average Bonchev–Trinajstić information content (AvgIpc) is 2.89. The lowest BCUT2D eigenvalue weighted by Crippen LogP contribution is -2.43. The van der Waals surface area contributed by atoms with Crippen molar-refractivity contribution in [3.63, 3.8) is 0 Å². The highest BCUT2D eigenvalue weighted by Crippen LogP contribution is 2.40. The number of hydrogen-bond acceptors (Lipinski definition) is 6. The van der Waals surface area contributed by atoms with Crippen molar-refractivity contribution >= 4 is 43.7 Å². The molecule has 8 nitrogen and oxygen atoms in total. The Morgan fingerprint density at radius 3 is 2.27 bits per heavy atom. The molecular weight excluding hydrogens is 571 g/mol. The van der Waals surface area contributed by atoms with Gasteiger partial charge in [-0.25, -0.2) is 16.8 Å². The maximum absolute atomic E-state index is 13.6. The lowest BCUT2D eigenvalue weighted by molar-refractivity contribution is -0.138. The van der Waals surface area contributed by atoms with Crippen LogP contribution in [-0.2, 0) is 30.8 Å². The number of carbonyl (C=O) groups is 1. The van der Waals surface area contributed by atoms with E-state index in [1.807, 2.05) is 0 Å². The molecule has 1 aliphatic rings. The van der Waals surface area contributed by atoms with Crippen molar-refractivity contribution in [3.8, 4) is 5.75 Å². The van der Waals surface area contributed by atoms with Crippen molar-refractivity contribution in [2.24, 2.45) is 0 Å². The number of alkyl halides is 3. The number of carboxylic acids is 1. The van der Waals surface area contributed by atoms with Gasteiger partial charge in [0.1, 0.15) is 11.9 Å². The molecule has 3 aromatic rings. The van der Waals surface area contributed by atoms with Crippen LogP contribution in [0.25, 0.3) is 12.2 Å². The number of fused-ring (bicyclic) bond motifs is 1. The zero-order valence-electron chi connectivity index (χ0n) is 21.0. The summed E-state index contributed by atoms with van der Waals surface area (Å²) in [5.74, 6) is -0.990. The molecule has 0 fully saturated rings. The minimum Gasteiger partial charge on any atom is -0.486 e. The summed E-state index contributed by atoms with van der Waals surface area (Å²) >= 11 is 0. The van der Waals surface area contributed by atoms with Gasteiger partial charge in [0.2, 0.25) is 0 Å². The van der Waals surface area contributed by atoms with E-state index >= 15 is 0 Å². The largest absolute Gasteiger partial charge is 0.486 e. The van der Waals surface area contributed by atoms with Gasteiger partial charge in [0, 0.05) is 12.7 Å². The Labute approximate surface area is 229 Å². The monoisotopic (exact) mass is 595 g/mol. The van der Waals surface area contributed by atoms with E-state index in [0.29, 0.717) is 17.2 Å². The Morgan fingerprint density at radius 2 is 1.62 bits per heavy atom. The van der Waals surface area contributed by atoms with Crippen LogP contribution in [0.15, 0.2) is 76.5 Å². The highest BCUT2D eigenvalue weighted by atomic mass is 32.2. The first-order chi connectivity index (χ1) is 18.6. The molecule has 0 aromatic heterocycles. The molecule has 1 aliphatic heterocycles.